The lowest BCUT2D eigenvalue weighted by Gasteiger charge is -2.15. The van der Waals surface area contributed by atoms with Crippen LogP contribution in [0.15, 0.2) is 59.3 Å². The van der Waals surface area contributed by atoms with E-state index in [0.717, 1.165) is 33.5 Å². The average molecular weight is 358 g/mol. The van der Waals surface area contributed by atoms with Crippen LogP contribution in [0.4, 0.5) is 5.69 Å². The lowest BCUT2D eigenvalue weighted by Crippen LogP contribution is -2.40. The number of nitrogens with zero attached hydrogens (tertiary/aromatic N) is 3. The van der Waals surface area contributed by atoms with Crippen molar-refractivity contribution in [3.8, 4) is 11.3 Å². The van der Waals surface area contributed by atoms with Gasteiger partial charge in [0.05, 0.1) is 28.5 Å². The number of nitrogens with one attached hydrogen (secondary N) is 2. The van der Waals surface area contributed by atoms with E-state index in [1.165, 1.54) is 6.26 Å². The summed E-state index contributed by atoms with van der Waals surface area (Å²) in [5.41, 5.74) is 16.7. The van der Waals surface area contributed by atoms with Crippen molar-refractivity contribution in [3.63, 3.8) is 0 Å². The Balaban J connectivity index is 1.54. The van der Waals surface area contributed by atoms with Gasteiger partial charge in [-0.25, -0.2) is 15.4 Å². The van der Waals surface area contributed by atoms with E-state index in [-0.39, 0.29) is 17.4 Å². The first-order chi connectivity index (χ1) is 13.2. The highest BCUT2D eigenvalue weighted by molar-refractivity contribution is 5.96. The summed E-state index contributed by atoms with van der Waals surface area (Å²) < 4.78 is 4.71. The quantitative estimate of drug-likeness (QED) is 0.480. The monoisotopic (exact) mass is 358 g/mol. The fraction of sp³-hybridized carbons (Fsp3) is 0.0526. The van der Waals surface area contributed by atoms with E-state index in [2.05, 4.69) is 16.0 Å². The number of anilines is 1. The summed E-state index contributed by atoms with van der Waals surface area (Å²) in [6.45, 7) is 0. The van der Waals surface area contributed by atoms with Gasteiger partial charge in [0.2, 0.25) is 0 Å². The molecule has 2 aromatic carbocycles. The molecular weight excluding hydrogens is 344 g/mol. The van der Waals surface area contributed by atoms with Gasteiger partial charge in [-0.15, -0.1) is 0 Å². The zero-order valence-electron chi connectivity index (χ0n) is 14.0. The van der Waals surface area contributed by atoms with E-state index in [1.807, 2.05) is 48.5 Å². The fourth-order valence-corrected chi connectivity index (χ4v) is 3.28. The van der Waals surface area contributed by atoms with Crippen LogP contribution in [0.25, 0.3) is 22.3 Å². The molecular formula is C19H14N6O2. The van der Waals surface area contributed by atoms with Gasteiger partial charge in [-0.2, -0.15) is 0 Å². The molecule has 8 heteroatoms. The fourth-order valence-electron chi connectivity index (χ4n) is 3.28. The van der Waals surface area contributed by atoms with Gasteiger partial charge in [-0.1, -0.05) is 41.6 Å². The second-order valence-electron chi connectivity index (χ2n) is 6.18. The number of carbonyl (C=O) groups is 1. The molecule has 0 saturated heterocycles. The van der Waals surface area contributed by atoms with E-state index in [4.69, 9.17) is 20.2 Å². The lowest BCUT2D eigenvalue weighted by atomic mass is 10.1. The molecule has 0 saturated carbocycles. The maximum Gasteiger partial charge on any atom is 0.289 e. The molecule has 2 aromatic heterocycles. The SMILES string of the molecule is Nc1conc1C(=O)NNC1c2ccccc2-c2nc3ccccc3nc21. The molecule has 132 valence electrons. The molecule has 0 aliphatic heterocycles. The van der Waals surface area contributed by atoms with Crippen LogP contribution in [0.1, 0.15) is 27.8 Å². The predicted molar refractivity (Wildman–Crippen MR) is 98.3 cm³/mol. The summed E-state index contributed by atoms with van der Waals surface area (Å²) in [4.78, 5) is 21.9. The topological polar surface area (TPSA) is 119 Å². The molecule has 1 aliphatic rings. The number of hydrogen-bond acceptors (Lipinski definition) is 7. The molecule has 0 radical (unpaired) electrons. The van der Waals surface area contributed by atoms with Crippen molar-refractivity contribution in [2.45, 2.75) is 6.04 Å². The first kappa shape index (κ1) is 15.5. The molecule has 0 fully saturated rings. The minimum atomic E-state index is -0.485. The molecule has 0 spiro atoms. The van der Waals surface area contributed by atoms with Crippen molar-refractivity contribution in [1.82, 2.24) is 26.0 Å². The number of benzene rings is 2. The predicted octanol–water partition coefficient (Wildman–Crippen LogP) is 2.20. The van der Waals surface area contributed by atoms with Crippen molar-refractivity contribution >= 4 is 22.6 Å². The Bertz CT molecular complexity index is 1190. The van der Waals surface area contributed by atoms with Crippen LogP contribution in [0.3, 0.4) is 0 Å². The van der Waals surface area contributed by atoms with Crippen LogP contribution in [0.2, 0.25) is 0 Å². The van der Waals surface area contributed by atoms with E-state index >= 15 is 0 Å². The Kier molecular flexibility index (Phi) is 3.37. The highest BCUT2D eigenvalue weighted by Crippen LogP contribution is 2.41. The number of hydrogen-bond donors (Lipinski definition) is 3. The number of nitrogens with two attached hydrogens (primary N) is 1. The molecule has 0 bridgehead atoms. The third-order valence-corrected chi connectivity index (χ3v) is 4.54. The van der Waals surface area contributed by atoms with E-state index < -0.39 is 5.91 Å². The van der Waals surface area contributed by atoms with Gasteiger partial charge in [0.1, 0.15) is 12.0 Å². The number of hydrazine groups is 1. The van der Waals surface area contributed by atoms with E-state index in [1.54, 1.807) is 0 Å². The van der Waals surface area contributed by atoms with Crippen LogP contribution in [-0.2, 0) is 0 Å². The highest BCUT2D eigenvalue weighted by Gasteiger charge is 2.32. The van der Waals surface area contributed by atoms with Crippen molar-refractivity contribution in [2.24, 2.45) is 0 Å². The largest absolute Gasteiger partial charge is 0.394 e. The maximum atomic E-state index is 12.3. The molecule has 5 rings (SSSR count). The Morgan fingerprint density at radius 3 is 2.56 bits per heavy atom. The Hall–Kier alpha value is -3.78. The third kappa shape index (κ3) is 2.42. The van der Waals surface area contributed by atoms with E-state index in [9.17, 15) is 4.79 Å². The van der Waals surface area contributed by atoms with Gasteiger partial charge in [0, 0.05) is 5.56 Å². The summed E-state index contributed by atoms with van der Waals surface area (Å²) in [5, 5.41) is 3.61. The van der Waals surface area contributed by atoms with Crippen LogP contribution in [0, 0.1) is 0 Å². The van der Waals surface area contributed by atoms with E-state index in [0.29, 0.717) is 0 Å². The second-order valence-corrected chi connectivity index (χ2v) is 6.18. The van der Waals surface area contributed by atoms with Crippen LogP contribution in [0.5, 0.6) is 0 Å². The average Bonchev–Trinajstić information content (AvgIpc) is 3.26. The third-order valence-electron chi connectivity index (χ3n) is 4.54. The van der Waals surface area contributed by atoms with Crippen molar-refractivity contribution in [3.05, 3.63) is 71.7 Å². The molecule has 8 nitrogen and oxygen atoms in total. The normalized spacial score (nSPS) is 14.7. The second kappa shape index (κ2) is 5.89. The zero-order chi connectivity index (χ0) is 18.4. The number of nitrogen functional groups attached to an aromatic ring is 1. The van der Waals surface area contributed by atoms with Gasteiger partial charge in [-0.05, 0) is 17.7 Å². The maximum absolute atomic E-state index is 12.3. The molecule has 1 unspecified atom stereocenters. The first-order valence-electron chi connectivity index (χ1n) is 8.34. The zero-order valence-corrected chi connectivity index (χ0v) is 14.0. The molecule has 4 aromatic rings. The van der Waals surface area contributed by atoms with Gasteiger partial charge in [0.25, 0.3) is 5.91 Å². The Labute approximate surface area is 153 Å². The number of fused-ring (bicyclic) bond motifs is 4. The number of amides is 1. The Morgan fingerprint density at radius 1 is 1.04 bits per heavy atom. The van der Waals surface area contributed by atoms with Crippen molar-refractivity contribution in [2.75, 3.05) is 5.73 Å². The summed E-state index contributed by atoms with van der Waals surface area (Å²) in [6.07, 6.45) is 1.21. The van der Waals surface area contributed by atoms with Gasteiger partial charge < -0.3 is 10.3 Å². The number of carbonyl (C=O) groups excluding carboxylic acids is 1. The molecule has 1 aliphatic carbocycles. The van der Waals surface area contributed by atoms with Crippen LogP contribution in [-0.4, -0.2) is 21.0 Å². The van der Waals surface area contributed by atoms with Crippen molar-refractivity contribution < 1.29 is 9.32 Å². The minimum absolute atomic E-state index is 0.0265. The summed E-state index contributed by atoms with van der Waals surface area (Å²) in [6, 6.07) is 15.2. The first-order valence-corrected chi connectivity index (χ1v) is 8.34. The summed E-state index contributed by atoms with van der Waals surface area (Å²) in [7, 11) is 0. The molecule has 27 heavy (non-hydrogen) atoms. The number of rotatable bonds is 3. The lowest BCUT2D eigenvalue weighted by molar-refractivity contribution is 0.0920. The van der Waals surface area contributed by atoms with Gasteiger partial charge in [0.15, 0.2) is 5.69 Å². The smallest absolute Gasteiger partial charge is 0.289 e. The Morgan fingerprint density at radius 2 is 1.78 bits per heavy atom. The number of aromatic nitrogens is 3. The van der Waals surface area contributed by atoms with Crippen LogP contribution >= 0.6 is 0 Å². The standard InChI is InChI=1S/C19H14N6O2/c20-12-9-27-25-17(12)19(26)24-23-16-11-6-2-1-5-10(11)15-18(16)22-14-8-4-3-7-13(14)21-15/h1-9,16,23H,20H2,(H,24,26). The summed E-state index contributed by atoms with van der Waals surface area (Å²) in [5.74, 6) is -0.485. The molecule has 4 N–H and O–H groups in total. The van der Waals surface area contributed by atoms with Gasteiger partial charge in [-0.3, -0.25) is 10.2 Å². The van der Waals surface area contributed by atoms with Crippen molar-refractivity contribution in [1.29, 1.82) is 0 Å². The minimum Gasteiger partial charge on any atom is -0.394 e. The molecule has 2 heterocycles. The highest BCUT2D eigenvalue weighted by atomic mass is 16.5. The van der Waals surface area contributed by atoms with Gasteiger partial charge >= 0.3 is 0 Å². The summed E-state index contributed by atoms with van der Waals surface area (Å²) >= 11 is 0. The molecule has 1 amide bonds. The number of para-hydroxylation sites is 2. The molecule has 1 atom stereocenters. The van der Waals surface area contributed by atoms with Crippen LogP contribution < -0.4 is 16.6 Å².